The summed E-state index contributed by atoms with van der Waals surface area (Å²) in [7, 11) is 0. The molecule has 0 fully saturated rings. The number of hydrogen-bond donors (Lipinski definition) is 0. The number of nitriles is 1. The number of nitro benzene ring substituents is 1. The second-order valence-corrected chi connectivity index (χ2v) is 3.44. The number of rotatable bonds is 4. The number of benzene rings is 1. The van der Waals surface area contributed by atoms with Crippen LogP contribution in [0.3, 0.4) is 0 Å². The van der Waals surface area contributed by atoms with Gasteiger partial charge in [-0.05, 0) is 19.4 Å². The maximum atomic E-state index is 11.7. The highest BCUT2D eigenvalue weighted by atomic mass is 16.6. The van der Waals surface area contributed by atoms with Gasteiger partial charge in [-0.1, -0.05) is 13.0 Å². The quantitative estimate of drug-likeness (QED) is 0.462. The zero-order valence-electron chi connectivity index (χ0n) is 10.1. The molecule has 0 saturated heterocycles. The van der Waals surface area contributed by atoms with Crippen molar-refractivity contribution in [2.45, 2.75) is 20.3 Å². The molecule has 0 aromatic heterocycles. The zero-order chi connectivity index (χ0) is 13.7. The highest BCUT2D eigenvalue weighted by molar-refractivity contribution is 5.97. The van der Waals surface area contributed by atoms with E-state index in [1.807, 2.05) is 0 Å². The van der Waals surface area contributed by atoms with Gasteiger partial charge in [0.2, 0.25) is 0 Å². The number of ether oxygens (including phenoxy) is 1. The van der Waals surface area contributed by atoms with Gasteiger partial charge in [-0.15, -0.1) is 0 Å². The number of carbonyl (C=O) groups is 1. The number of nitrogens with zero attached hydrogens (tertiary/aromatic N) is 2. The van der Waals surface area contributed by atoms with E-state index in [4.69, 9.17) is 10.00 Å². The van der Waals surface area contributed by atoms with Crippen molar-refractivity contribution in [3.8, 4) is 6.07 Å². The van der Waals surface area contributed by atoms with E-state index >= 15 is 0 Å². The Labute approximate surface area is 104 Å². The Morgan fingerprint density at radius 2 is 2.17 bits per heavy atom. The van der Waals surface area contributed by atoms with Crippen LogP contribution in [0.25, 0.3) is 0 Å². The average molecular weight is 248 g/mol. The van der Waals surface area contributed by atoms with Crippen LogP contribution in [0.15, 0.2) is 12.1 Å². The van der Waals surface area contributed by atoms with E-state index in [2.05, 4.69) is 0 Å². The molecule has 94 valence electrons. The van der Waals surface area contributed by atoms with Crippen LogP contribution in [-0.2, 0) is 11.2 Å². The molecule has 0 bridgehead atoms. The molecule has 0 saturated carbocycles. The van der Waals surface area contributed by atoms with Gasteiger partial charge in [-0.25, -0.2) is 4.79 Å². The molecule has 0 aliphatic carbocycles. The monoisotopic (exact) mass is 248 g/mol. The SMILES string of the molecule is CCOC(=O)c1c(C#N)ccc(CC)c1[N+](=O)[O-]. The molecule has 0 N–H and O–H groups in total. The van der Waals surface area contributed by atoms with Gasteiger partial charge >= 0.3 is 5.97 Å². The van der Waals surface area contributed by atoms with Crippen LogP contribution in [0.4, 0.5) is 5.69 Å². The van der Waals surface area contributed by atoms with Crippen molar-refractivity contribution in [2.24, 2.45) is 0 Å². The molecule has 0 aliphatic rings. The second kappa shape index (κ2) is 5.77. The summed E-state index contributed by atoms with van der Waals surface area (Å²) in [6.45, 7) is 3.43. The molecular formula is C12H12N2O4. The molecule has 18 heavy (non-hydrogen) atoms. The van der Waals surface area contributed by atoms with Crippen molar-refractivity contribution in [1.29, 1.82) is 5.26 Å². The minimum absolute atomic E-state index is 0.0441. The van der Waals surface area contributed by atoms with Crippen molar-refractivity contribution < 1.29 is 14.5 Å². The minimum Gasteiger partial charge on any atom is -0.462 e. The van der Waals surface area contributed by atoms with Crippen LogP contribution < -0.4 is 0 Å². The molecule has 0 radical (unpaired) electrons. The van der Waals surface area contributed by atoms with Crippen molar-refractivity contribution in [1.82, 2.24) is 0 Å². The van der Waals surface area contributed by atoms with Crippen LogP contribution in [0.2, 0.25) is 0 Å². The largest absolute Gasteiger partial charge is 0.462 e. The third kappa shape index (κ3) is 2.46. The van der Waals surface area contributed by atoms with Crippen LogP contribution in [-0.4, -0.2) is 17.5 Å². The third-order valence-electron chi connectivity index (χ3n) is 2.42. The standard InChI is InChI=1S/C12H12N2O4/c1-3-8-5-6-9(7-13)10(11(8)14(16)17)12(15)18-4-2/h5-6H,3-4H2,1-2H3. The summed E-state index contributed by atoms with van der Waals surface area (Å²) < 4.78 is 4.77. The van der Waals surface area contributed by atoms with Crippen molar-refractivity contribution in [2.75, 3.05) is 6.61 Å². The summed E-state index contributed by atoms with van der Waals surface area (Å²) in [5, 5.41) is 20.0. The van der Waals surface area contributed by atoms with Gasteiger partial charge in [0.05, 0.1) is 17.1 Å². The number of nitro groups is 1. The summed E-state index contributed by atoms with van der Waals surface area (Å²) in [5.41, 5.74) is -0.238. The molecule has 0 atom stereocenters. The highest BCUT2D eigenvalue weighted by Crippen LogP contribution is 2.28. The van der Waals surface area contributed by atoms with Gasteiger partial charge in [0, 0.05) is 5.56 Å². The van der Waals surface area contributed by atoms with Gasteiger partial charge in [-0.2, -0.15) is 5.26 Å². The number of esters is 1. The van der Waals surface area contributed by atoms with Crippen molar-refractivity contribution >= 4 is 11.7 Å². The van der Waals surface area contributed by atoms with Gasteiger partial charge in [0.1, 0.15) is 6.07 Å². The van der Waals surface area contributed by atoms with Gasteiger partial charge in [0.25, 0.3) is 5.69 Å². The summed E-state index contributed by atoms with van der Waals surface area (Å²) in [6, 6.07) is 4.66. The van der Waals surface area contributed by atoms with Gasteiger partial charge in [0.15, 0.2) is 5.56 Å². The summed E-state index contributed by atoms with van der Waals surface area (Å²) in [6.07, 6.45) is 0.397. The molecule has 1 rings (SSSR count). The van der Waals surface area contributed by atoms with E-state index in [0.29, 0.717) is 12.0 Å². The van der Waals surface area contributed by atoms with E-state index in [1.165, 1.54) is 12.1 Å². The molecule has 0 heterocycles. The fourth-order valence-corrected chi connectivity index (χ4v) is 1.63. The topological polar surface area (TPSA) is 93.2 Å². The zero-order valence-corrected chi connectivity index (χ0v) is 10.1. The first-order valence-electron chi connectivity index (χ1n) is 5.44. The van der Waals surface area contributed by atoms with Gasteiger partial charge in [-0.3, -0.25) is 10.1 Å². The summed E-state index contributed by atoms with van der Waals surface area (Å²) in [5.74, 6) is -0.837. The summed E-state index contributed by atoms with van der Waals surface area (Å²) in [4.78, 5) is 22.2. The first-order chi connectivity index (χ1) is 8.56. The molecule has 6 heteroatoms. The second-order valence-electron chi connectivity index (χ2n) is 3.44. The minimum atomic E-state index is -0.837. The van der Waals surface area contributed by atoms with E-state index in [0.717, 1.165) is 0 Å². The molecule has 6 nitrogen and oxygen atoms in total. The lowest BCUT2D eigenvalue weighted by Gasteiger charge is -2.07. The lowest BCUT2D eigenvalue weighted by molar-refractivity contribution is -0.385. The van der Waals surface area contributed by atoms with Crippen LogP contribution in [0.5, 0.6) is 0 Å². The van der Waals surface area contributed by atoms with Crippen LogP contribution >= 0.6 is 0 Å². The van der Waals surface area contributed by atoms with E-state index in [1.54, 1.807) is 19.9 Å². The molecule has 1 aromatic carbocycles. The first kappa shape index (κ1) is 13.6. The normalized spacial score (nSPS) is 9.61. The van der Waals surface area contributed by atoms with E-state index in [-0.39, 0.29) is 23.4 Å². The predicted molar refractivity (Wildman–Crippen MR) is 63.1 cm³/mol. The molecule has 0 amide bonds. The van der Waals surface area contributed by atoms with Crippen LogP contribution in [0, 0.1) is 21.4 Å². The van der Waals surface area contributed by atoms with Crippen molar-refractivity contribution in [3.63, 3.8) is 0 Å². The first-order valence-corrected chi connectivity index (χ1v) is 5.44. The van der Waals surface area contributed by atoms with Crippen LogP contribution in [0.1, 0.15) is 35.3 Å². The molecule has 0 aliphatic heterocycles. The van der Waals surface area contributed by atoms with Gasteiger partial charge < -0.3 is 4.74 Å². The molecular weight excluding hydrogens is 236 g/mol. The van der Waals surface area contributed by atoms with Crippen molar-refractivity contribution in [3.05, 3.63) is 38.9 Å². The Morgan fingerprint density at radius 3 is 2.61 bits per heavy atom. The number of carbonyl (C=O) groups excluding carboxylic acids is 1. The van der Waals surface area contributed by atoms with E-state index < -0.39 is 10.9 Å². The Kier molecular flexibility index (Phi) is 4.38. The smallest absolute Gasteiger partial charge is 0.346 e. The number of aryl methyl sites for hydroxylation is 1. The predicted octanol–water partition coefficient (Wildman–Crippen LogP) is 2.21. The highest BCUT2D eigenvalue weighted by Gasteiger charge is 2.28. The molecule has 1 aromatic rings. The fraction of sp³-hybridized carbons (Fsp3) is 0.333. The Balaban J connectivity index is 3.56. The molecule has 0 spiro atoms. The molecule has 0 unspecified atom stereocenters. The lowest BCUT2D eigenvalue weighted by Crippen LogP contribution is -2.12. The average Bonchev–Trinajstić information content (AvgIpc) is 2.36. The third-order valence-corrected chi connectivity index (χ3v) is 2.42. The summed E-state index contributed by atoms with van der Waals surface area (Å²) >= 11 is 0. The maximum Gasteiger partial charge on any atom is 0.346 e. The number of hydrogen-bond acceptors (Lipinski definition) is 5. The maximum absolute atomic E-state index is 11.7. The van der Waals surface area contributed by atoms with E-state index in [9.17, 15) is 14.9 Å². The lowest BCUT2D eigenvalue weighted by atomic mass is 10.00. The Bertz CT molecular complexity index is 532. The fourth-order valence-electron chi connectivity index (χ4n) is 1.63. The Hall–Kier alpha value is -2.42. The Morgan fingerprint density at radius 1 is 1.50 bits per heavy atom.